The monoisotopic (exact) mass is 297 g/mol. The molecule has 1 N–H and O–H groups in total. The standard InChI is InChI=1S/C13H23N5OS/c1-4-7-14-13-16-15-11(20-13)12(19)18-8-5-10(6-9-18)17(2)3/h10H,4-9H2,1-3H3,(H,14,16). The Morgan fingerprint density at radius 2 is 2.10 bits per heavy atom. The van der Waals surface area contributed by atoms with Crippen LogP contribution in [0.2, 0.25) is 0 Å². The zero-order chi connectivity index (χ0) is 14.5. The quantitative estimate of drug-likeness (QED) is 0.893. The predicted molar refractivity (Wildman–Crippen MR) is 81.3 cm³/mol. The summed E-state index contributed by atoms with van der Waals surface area (Å²) in [5.74, 6) is 0.0178. The Kier molecular flexibility index (Phi) is 5.31. The summed E-state index contributed by atoms with van der Waals surface area (Å²) in [5, 5.41) is 12.4. The van der Waals surface area contributed by atoms with E-state index >= 15 is 0 Å². The Balaban J connectivity index is 1.90. The van der Waals surface area contributed by atoms with Crippen LogP contribution in [-0.2, 0) is 0 Å². The molecule has 1 aromatic heterocycles. The number of nitrogens with one attached hydrogen (secondary N) is 1. The van der Waals surface area contributed by atoms with Gasteiger partial charge in [-0.25, -0.2) is 0 Å². The Morgan fingerprint density at radius 1 is 1.40 bits per heavy atom. The smallest absolute Gasteiger partial charge is 0.284 e. The first kappa shape index (κ1) is 15.2. The zero-order valence-corrected chi connectivity index (χ0v) is 13.2. The van der Waals surface area contributed by atoms with Gasteiger partial charge in [-0.2, -0.15) is 0 Å². The molecule has 0 atom stereocenters. The molecule has 6 nitrogen and oxygen atoms in total. The molecule has 0 saturated carbocycles. The number of hydrogen-bond donors (Lipinski definition) is 1. The average molecular weight is 297 g/mol. The molecule has 1 fully saturated rings. The van der Waals surface area contributed by atoms with Crippen molar-refractivity contribution in [3.05, 3.63) is 5.01 Å². The van der Waals surface area contributed by atoms with E-state index in [1.54, 1.807) is 0 Å². The zero-order valence-electron chi connectivity index (χ0n) is 12.4. The molecule has 0 aromatic carbocycles. The fraction of sp³-hybridized carbons (Fsp3) is 0.769. The van der Waals surface area contributed by atoms with Crippen molar-refractivity contribution < 1.29 is 4.79 Å². The molecule has 112 valence electrons. The molecule has 0 unspecified atom stereocenters. The van der Waals surface area contributed by atoms with E-state index < -0.39 is 0 Å². The molecule has 1 saturated heterocycles. The van der Waals surface area contributed by atoms with Gasteiger partial charge in [0.25, 0.3) is 5.91 Å². The summed E-state index contributed by atoms with van der Waals surface area (Å²) in [6, 6.07) is 0.579. The molecule has 7 heteroatoms. The van der Waals surface area contributed by atoms with Crippen molar-refractivity contribution in [1.82, 2.24) is 20.0 Å². The summed E-state index contributed by atoms with van der Waals surface area (Å²) in [4.78, 5) is 16.5. The summed E-state index contributed by atoms with van der Waals surface area (Å²) >= 11 is 1.35. The second-order valence-electron chi connectivity index (χ2n) is 5.33. The highest BCUT2D eigenvalue weighted by Crippen LogP contribution is 2.20. The van der Waals surface area contributed by atoms with Gasteiger partial charge in [-0.3, -0.25) is 4.79 Å². The molecule has 0 spiro atoms. The van der Waals surface area contributed by atoms with Crippen molar-refractivity contribution in [3.63, 3.8) is 0 Å². The summed E-state index contributed by atoms with van der Waals surface area (Å²) in [7, 11) is 4.19. The molecule has 1 aromatic rings. The molecule has 1 amide bonds. The van der Waals surface area contributed by atoms with Crippen molar-refractivity contribution in [3.8, 4) is 0 Å². The third kappa shape index (κ3) is 3.67. The first-order chi connectivity index (χ1) is 9.61. The van der Waals surface area contributed by atoms with Crippen molar-refractivity contribution >= 4 is 22.4 Å². The molecule has 2 heterocycles. The van der Waals surface area contributed by atoms with Gasteiger partial charge in [-0.15, -0.1) is 10.2 Å². The van der Waals surface area contributed by atoms with E-state index in [2.05, 4.69) is 41.4 Å². The van der Waals surface area contributed by atoms with Crippen LogP contribution in [0.5, 0.6) is 0 Å². The normalized spacial score (nSPS) is 16.7. The largest absolute Gasteiger partial charge is 0.360 e. The highest BCUT2D eigenvalue weighted by Gasteiger charge is 2.26. The number of amides is 1. The van der Waals surface area contributed by atoms with Crippen LogP contribution in [0.1, 0.15) is 36.0 Å². The van der Waals surface area contributed by atoms with E-state index in [4.69, 9.17) is 0 Å². The summed E-state index contributed by atoms with van der Waals surface area (Å²) in [6.45, 7) is 4.56. The molecule has 1 aliphatic heterocycles. The third-order valence-corrected chi connectivity index (χ3v) is 4.49. The minimum Gasteiger partial charge on any atom is -0.360 e. The molecular formula is C13H23N5OS. The Bertz CT molecular complexity index is 440. The summed E-state index contributed by atoms with van der Waals surface area (Å²) in [5.41, 5.74) is 0. The number of likely N-dealkylation sites (tertiary alicyclic amines) is 1. The number of rotatable bonds is 5. The van der Waals surface area contributed by atoms with Gasteiger partial charge in [0, 0.05) is 25.7 Å². The maximum atomic E-state index is 12.4. The molecular weight excluding hydrogens is 274 g/mol. The Morgan fingerprint density at radius 3 is 2.70 bits per heavy atom. The van der Waals surface area contributed by atoms with Crippen molar-refractivity contribution in [2.45, 2.75) is 32.2 Å². The van der Waals surface area contributed by atoms with Crippen LogP contribution in [0.4, 0.5) is 5.13 Å². The molecule has 2 rings (SSSR count). The first-order valence-corrected chi connectivity index (χ1v) is 7.96. The van der Waals surface area contributed by atoms with Crippen LogP contribution in [-0.4, -0.2) is 65.7 Å². The summed E-state index contributed by atoms with van der Waals surface area (Å²) < 4.78 is 0. The van der Waals surface area contributed by atoms with E-state index in [-0.39, 0.29) is 5.91 Å². The third-order valence-electron chi connectivity index (χ3n) is 3.62. The van der Waals surface area contributed by atoms with Crippen LogP contribution in [0.15, 0.2) is 0 Å². The van der Waals surface area contributed by atoms with E-state index in [1.807, 2.05) is 4.90 Å². The van der Waals surface area contributed by atoms with Crippen LogP contribution < -0.4 is 5.32 Å². The lowest BCUT2D eigenvalue weighted by Gasteiger charge is -2.34. The van der Waals surface area contributed by atoms with Crippen LogP contribution in [0.3, 0.4) is 0 Å². The highest BCUT2D eigenvalue weighted by atomic mass is 32.1. The maximum absolute atomic E-state index is 12.4. The van der Waals surface area contributed by atoms with Gasteiger partial charge in [0.2, 0.25) is 10.1 Å². The molecule has 0 radical (unpaired) electrons. The number of piperidine rings is 1. The number of carbonyl (C=O) groups is 1. The lowest BCUT2D eigenvalue weighted by Crippen LogP contribution is -2.44. The van der Waals surface area contributed by atoms with E-state index in [9.17, 15) is 4.79 Å². The second-order valence-corrected chi connectivity index (χ2v) is 6.30. The van der Waals surface area contributed by atoms with Gasteiger partial charge >= 0.3 is 0 Å². The van der Waals surface area contributed by atoms with Gasteiger partial charge in [0.15, 0.2) is 0 Å². The molecule has 0 bridgehead atoms. The Labute approximate surface area is 124 Å². The van der Waals surface area contributed by atoms with Gasteiger partial charge in [-0.1, -0.05) is 18.3 Å². The lowest BCUT2D eigenvalue weighted by atomic mass is 10.0. The van der Waals surface area contributed by atoms with E-state index in [0.29, 0.717) is 11.0 Å². The molecule has 20 heavy (non-hydrogen) atoms. The number of nitrogens with zero attached hydrogens (tertiary/aromatic N) is 4. The number of carbonyl (C=O) groups excluding carboxylic acids is 1. The predicted octanol–water partition coefficient (Wildman–Crippen LogP) is 1.53. The van der Waals surface area contributed by atoms with Gasteiger partial charge < -0.3 is 15.1 Å². The van der Waals surface area contributed by atoms with Crippen molar-refractivity contribution in [2.24, 2.45) is 0 Å². The van der Waals surface area contributed by atoms with Gasteiger partial charge in [0.05, 0.1) is 0 Å². The first-order valence-electron chi connectivity index (χ1n) is 7.15. The van der Waals surface area contributed by atoms with Crippen LogP contribution in [0, 0.1) is 0 Å². The average Bonchev–Trinajstić information content (AvgIpc) is 2.93. The maximum Gasteiger partial charge on any atom is 0.284 e. The van der Waals surface area contributed by atoms with Gasteiger partial charge in [0.1, 0.15) is 0 Å². The SMILES string of the molecule is CCCNc1nnc(C(=O)N2CCC(N(C)C)CC2)s1. The minimum atomic E-state index is 0.0178. The second kappa shape index (κ2) is 6.99. The van der Waals surface area contributed by atoms with E-state index in [0.717, 1.165) is 44.0 Å². The number of aromatic nitrogens is 2. The van der Waals surface area contributed by atoms with Crippen LogP contribution in [0.25, 0.3) is 0 Å². The van der Waals surface area contributed by atoms with Crippen molar-refractivity contribution in [2.75, 3.05) is 39.0 Å². The fourth-order valence-corrected chi connectivity index (χ4v) is 3.07. The van der Waals surface area contributed by atoms with Gasteiger partial charge in [-0.05, 0) is 33.4 Å². The minimum absolute atomic E-state index is 0.0178. The molecule has 1 aliphatic rings. The highest BCUT2D eigenvalue weighted by molar-refractivity contribution is 7.17. The molecule has 0 aliphatic carbocycles. The summed E-state index contributed by atoms with van der Waals surface area (Å²) in [6.07, 6.45) is 3.08. The van der Waals surface area contributed by atoms with Crippen molar-refractivity contribution in [1.29, 1.82) is 0 Å². The number of hydrogen-bond acceptors (Lipinski definition) is 6. The van der Waals surface area contributed by atoms with E-state index in [1.165, 1.54) is 11.3 Å². The van der Waals surface area contributed by atoms with Crippen LogP contribution >= 0.6 is 11.3 Å². The lowest BCUT2D eigenvalue weighted by molar-refractivity contribution is 0.0662. The Hall–Kier alpha value is -1.21. The number of anilines is 1. The topological polar surface area (TPSA) is 61.4 Å². The fourth-order valence-electron chi connectivity index (χ4n) is 2.33.